The minimum atomic E-state index is -1.06. The molecule has 8 fully saturated rings. The quantitative estimate of drug-likeness (QED) is 0.216. The summed E-state index contributed by atoms with van der Waals surface area (Å²) in [6.45, 7) is 10.2. The molecule has 10 aliphatic heterocycles. The van der Waals surface area contributed by atoms with E-state index in [0.29, 0.717) is 38.0 Å². The van der Waals surface area contributed by atoms with Crippen molar-refractivity contribution in [1.82, 2.24) is 0 Å². The average molecular weight is 855 g/mol. The van der Waals surface area contributed by atoms with Gasteiger partial charge in [0.2, 0.25) is 0 Å². The molecule has 8 saturated heterocycles. The third kappa shape index (κ3) is 8.57. The van der Waals surface area contributed by atoms with Crippen LogP contribution in [0.3, 0.4) is 0 Å². The molecule has 0 aromatic carbocycles. The van der Waals surface area contributed by atoms with Gasteiger partial charge in [-0.1, -0.05) is 37.8 Å². The van der Waals surface area contributed by atoms with Crippen LogP contribution < -0.4 is 0 Å². The summed E-state index contributed by atoms with van der Waals surface area (Å²) in [5.74, 6) is -0.890. The Morgan fingerprint density at radius 2 is 1.39 bits per heavy atom. The van der Waals surface area contributed by atoms with Gasteiger partial charge in [-0.15, -0.1) is 0 Å². The van der Waals surface area contributed by atoms with Crippen molar-refractivity contribution in [2.24, 2.45) is 5.92 Å². The van der Waals surface area contributed by atoms with Gasteiger partial charge in [-0.25, -0.2) is 4.79 Å². The zero-order valence-corrected chi connectivity index (χ0v) is 35.9. The van der Waals surface area contributed by atoms with E-state index in [9.17, 15) is 19.8 Å². The molecule has 2 N–H and O–H groups in total. The summed E-state index contributed by atoms with van der Waals surface area (Å²) in [6, 6.07) is 0. The summed E-state index contributed by atoms with van der Waals surface area (Å²) in [5, 5.41) is 20.5. The smallest absolute Gasteiger partial charge is 0.331 e. The number of carboxylic acid groups (broad SMARTS) is 1. The lowest BCUT2D eigenvalue weighted by Gasteiger charge is -2.54. The van der Waals surface area contributed by atoms with Crippen molar-refractivity contribution in [3.63, 3.8) is 0 Å². The van der Waals surface area contributed by atoms with Crippen LogP contribution in [0.25, 0.3) is 0 Å². The molecule has 21 unspecified atom stereocenters. The lowest BCUT2D eigenvalue weighted by molar-refractivity contribution is -0.311. The van der Waals surface area contributed by atoms with Crippen molar-refractivity contribution in [3.05, 3.63) is 36.5 Å². The van der Waals surface area contributed by atoms with E-state index in [4.69, 9.17) is 47.4 Å². The maximum atomic E-state index is 12.3. The van der Waals surface area contributed by atoms with E-state index in [1.165, 1.54) is 0 Å². The number of hydrogen-bond acceptors (Lipinski definition) is 13. The summed E-state index contributed by atoms with van der Waals surface area (Å²) < 4.78 is 67.5. The highest BCUT2D eigenvalue weighted by molar-refractivity contribution is 5.85. The minimum Gasteiger partial charge on any atom is -0.478 e. The zero-order valence-electron chi connectivity index (χ0n) is 35.9. The number of carboxylic acids is 1. The number of rotatable bonds is 3. The fourth-order valence-corrected chi connectivity index (χ4v) is 12.5. The molecule has 0 aromatic rings. The SMILES string of the molecule is C=C(CC1CC(O)C2OC3CC4(C)OC5CCC6OC7CC=CC8OC9CC(C)CC%10OC(=O)CC%10OC9CC8OC7CC=CCC6OC5(C)CCC4OC3CC2O1)C(=O)O. The second-order valence-electron chi connectivity index (χ2n) is 20.4. The second-order valence-corrected chi connectivity index (χ2v) is 20.4. The van der Waals surface area contributed by atoms with Crippen LogP contribution in [-0.2, 0) is 57.0 Å². The number of ether oxygens (including phenoxy) is 10. The van der Waals surface area contributed by atoms with Gasteiger partial charge in [0.15, 0.2) is 0 Å². The molecule has 14 heteroatoms. The Labute approximate surface area is 358 Å². The first-order valence-corrected chi connectivity index (χ1v) is 23.3. The van der Waals surface area contributed by atoms with E-state index in [2.05, 4.69) is 51.7 Å². The first kappa shape index (κ1) is 42.7. The molecular formula is C47H66O14. The van der Waals surface area contributed by atoms with Crippen LogP contribution in [0.5, 0.6) is 0 Å². The molecule has 0 saturated carbocycles. The predicted molar refractivity (Wildman–Crippen MR) is 217 cm³/mol. The van der Waals surface area contributed by atoms with Crippen molar-refractivity contribution < 1.29 is 67.2 Å². The highest BCUT2D eigenvalue weighted by atomic mass is 16.6. The van der Waals surface area contributed by atoms with Gasteiger partial charge < -0.3 is 57.6 Å². The Hall–Kier alpha value is -2.24. The highest BCUT2D eigenvalue weighted by Gasteiger charge is 2.59. The van der Waals surface area contributed by atoms with Crippen molar-refractivity contribution in [1.29, 1.82) is 0 Å². The maximum absolute atomic E-state index is 12.3. The molecule has 61 heavy (non-hydrogen) atoms. The van der Waals surface area contributed by atoms with E-state index < -0.39 is 41.6 Å². The summed E-state index contributed by atoms with van der Waals surface area (Å²) >= 11 is 0. The topological polar surface area (TPSA) is 167 Å². The largest absolute Gasteiger partial charge is 0.478 e. The Morgan fingerprint density at radius 1 is 0.689 bits per heavy atom. The third-order valence-corrected chi connectivity index (χ3v) is 15.7. The number of esters is 1. The number of aliphatic hydroxyl groups excluding tert-OH is 1. The fourth-order valence-electron chi connectivity index (χ4n) is 12.5. The first-order chi connectivity index (χ1) is 29.3. The number of aliphatic carboxylic acids is 1. The lowest BCUT2D eigenvalue weighted by atomic mass is 9.80. The van der Waals surface area contributed by atoms with Gasteiger partial charge in [-0.05, 0) is 77.6 Å². The Kier molecular flexibility index (Phi) is 11.9. The van der Waals surface area contributed by atoms with Gasteiger partial charge in [-0.3, -0.25) is 4.79 Å². The third-order valence-electron chi connectivity index (χ3n) is 15.7. The molecule has 10 heterocycles. The number of aliphatic hydroxyl groups is 1. The molecule has 0 aromatic heterocycles. The molecule has 14 nitrogen and oxygen atoms in total. The first-order valence-electron chi connectivity index (χ1n) is 23.3. The van der Waals surface area contributed by atoms with E-state index in [1.807, 2.05) is 0 Å². The van der Waals surface area contributed by atoms with Crippen LogP contribution in [0.2, 0.25) is 0 Å². The Bertz CT molecular complexity index is 1720. The van der Waals surface area contributed by atoms with E-state index in [-0.39, 0.29) is 116 Å². The standard InChI is InChI=1S/C47H66O14/c1-24-16-33-36(56-38-22-43(49)58-34(38)17-24)20-35-30(55-33)11-7-10-29-28(54-35)8-5-6-9-32-31(53-29)12-13-42-46(3,60-32)15-14-41-47(4,61-42)23-40-37(57-41)21-39-44(59-40)27(48)19-26(52-39)18-25(2)45(50)51/h5-7,11,24,26-42,44,48H,2,8-10,12-23H2,1,3-4H3,(H,50,51). The van der Waals surface area contributed by atoms with Crippen molar-refractivity contribution in [3.8, 4) is 0 Å². The number of hydrogen-bond donors (Lipinski definition) is 2. The van der Waals surface area contributed by atoms with Gasteiger partial charge in [0.05, 0.1) is 103 Å². The minimum absolute atomic E-state index is 0.0675. The second kappa shape index (κ2) is 17.0. The fraction of sp³-hybridized carbons (Fsp3) is 0.830. The number of carbonyl (C=O) groups is 2. The van der Waals surface area contributed by atoms with Crippen LogP contribution in [0.1, 0.15) is 117 Å². The van der Waals surface area contributed by atoms with Crippen molar-refractivity contribution >= 4 is 11.9 Å². The van der Waals surface area contributed by atoms with Crippen LogP contribution in [0.4, 0.5) is 0 Å². The van der Waals surface area contributed by atoms with Crippen LogP contribution in [0.15, 0.2) is 36.5 Å². The molecule has 0 bridgehead atoms. The van der Waals surface area contributed by atoms with Crippen LogP contribution in [-0.4, -0.2) is 143 Å². The molecule has 10 rings (SSSR count). The van der Waals surface area contributed by atoms with E-state index >= 15 is 0 Å². The molecule has 10 aliphatic rings. The molecule has 0 amide bonds. The van der Waals surface area contributed by atoms with E-state index in [0.717, 1.165) is 44.9 Å². The van der Waals surface area contributed by atoms with E-state index in [1.54, 1.807) is 0 Å². The Morgan fingerprint density at radius 3 is 2.21 bits per heavy atom. The molecule has 0 radical (unpaired) electrons. The van der Waals surface area contributed by atoms with Gasteiger partial charge in [0, 0.05) is 37.7 Å². The summed E-state index contributed by atoms with van der Waals surface area (Å²) in [6.07, 6.45) is 13.4. The lowest BCUT2D eigenvalue weighted by Crippen LogP contribution is -2.64. The molecular weight excluding hydrogens is 789 g/mol. The number of fused-ring (bicyclic) bond motifs is 9. The molecule has 338 valence electrons. The highest BCUT2D eigenvalue weighted by Crippen LogP contribution is 2.50. The molecule has 0 aliphatic carbocycles. The zero-order chi connectivity index (χ0) is 42.2. The summed E-state index contributed by atoms with van der Waals surface area (Å²) in [4.78, 5) is 23.7. The van der Waals surface area contributed by atoms with Crippen LogP contribution >= 0.6 is 0 Å². The van der Waals surface area contributed by atoms with Gasteiger partial charge in [0.25, 0.3) is 0 Å². The monoisotopic (exact) mass is 854 g/mol. The predicted octanol–water partition coefficient (Wildman–Crippen LogP) is 5.20. The summed E-state index contributed by atoms with van der Waals surface area (Å²) in [5.41, 5.74) is -1.14. The van der Waals surface area contributed by atoms with Gasteiger partial charge in [-0.2, -0.15) is 0 Å². The van der Waals surface area contributed by atoms with Crippen molar-refractivity contribution in [2.75, 3.05) is 0 Å². The normalized spacial score (nSPS) is 52.0. The average Bonchev–Trinajstić information content (AvgIpc) is 3.45. The van der Waals surface area contributed by atoms with Gasteiger partial charge >= 0.3 is 11.9 Å². The summed E-state index contributed by atoms with van der Waals surface area (Å²) in [7, 11) is 0. The maximum Gasteiger partial charge on any atom is 0.331 e. The van der Waals surface area contributed by atoms with Crippen LogP contribution in [0, 0.1) is 5.92 Å². The molecule has 0 spiro atoms. The Balaban J connectivity index is 0.806. The molecule has 21 atom stereocenters. The number of carbonyl (C=O) groups excluding carboxylic acids is 1. The van der Waals surface area contributed by atoms with Gasteiger partial charge in [0.1, 0.15) is 24.4 Å². The van der Waals surface area contributed by atoms with Crippen molar-refractivity contribution in [2.45, 2.75) is 238 Å².